The quantitative estimate of drug-likeness (QED) is 0.929. The lowest BCUT2D eigenvalue weighted by molar-refractivity contribution is 0.218. The van der Waals surface area contributed by atoms with E-state index in [1.54, 1.807) is 6.20 Å². The topological polar surface area (TPSA) is 39.1 Å². The number of hydrogen-bond donors (Lipinski definition) is 1. The Morgan fingerprint density at radius 1 is 1.40 bits per heavy atom. The van der Waals surface area contributed by atoms with Gasteiger partial charge in [-0.05, 0) is 37.9 Å². The Balaban J connectivity index is 1.63. The monoisotopic (exact) mass is 271 g/mol. The van der Waals surface area contributed by atoms with E-state index in [1.807, 2.05) is 23.0 Å². The maximum atomic E-state index is 5.86. The Morgan fingerprint density at radius 3 is 3.10 bits per heavy atom. The van der Waals surface area contributed by atoms with E-state index in [9.17, 15) is 0 Å². The van der Waals surface area contributed by atoms with Crippen LogP contribution in [0.1, 0.15) is 18.4 Å². The summed E-state index contributed by atoms with van der Waals surface area (Å²) >= 11 is 0. The molecule has 1 N–H and O–H groups in total. The number of aromatic nitrogens is 2. The summed E-state index contributed by atoms with van der Waals surface area (Å²) in [4.78, 5) is 0. The van der Waals surface area contributed by atoms with Crippen LogP contribution >= 0.6 is 0 Å². The number of hydrogen-bond acceptors (Lipinski definition) is 3. The van der Waals surface area contributed by atoms with E-state index in [1.165, 1.54) is 18.4 Å². The highest BCUT2D eigenvalue weighted by molar-refractivity contribution is 5.40. The minimum absolute atomic E-state index is 0.616. The van der Waals surface area contributed by atoms with Gasteiger partial charge in [0.1, 0.15) is 0 Å². The lowest BCUT2D eigenvalue weighted by Crippen LogP contribution is -2.32. The second-order valence-corrected chi connectivity index (χ2v) is 5.43. The molecule has 1 aliphatic rings. The zero-order valence-corrected chi connectivity index (χ0v) is 11.9. The van der Waals surface area contributed by atoms with Gasteiger partial charge in [0.05, 0.1) is 24.7 Å². The molecule has 4 nitrogen and oxygen atoms in total. The maximum absolute atomic E-state index is 5.86. The highest BCUT2D eigenvalue weighted by Gasteiger charge is 2.14. The van der Waals surface area contributed by atoms with Crippen molar-refractivity contribution >= 4 is 0 Å². The number of benzene rings is 1. The minimum atomic E-state index is 0.616. The zero-order valence-electron chi connectivity index (χ0n) is 11.9. The van der Waals surface area contributed by atoms with E-state index in [2.05, 4.69) is 29.5 Å². The summed E-state index contributed by atoms with van der Waals surface area (Å²) in [7, 11) is 0. The molecule has 4 heteroatoms. The molecule has 1 saturated heterocycles. The first-order chi connectivity index (χ1) is 9.83. The molecule has 0 saturated carbocycles. The third-order valence-corrected chi connectivity index (χ3v) is 3.81. The SMILES string of the molecule is Cc1ccccc1-n1cc(OCC2CCCNC2)cn1. The zero-order chi connectivity index (χ0) is 13.8. The Morgan fingerprint density at radius 2 is 2.30 bits per heavy atom. The highest BCUT2D eigenvalue weighted by Crippen LogP contribution is 2.18. The van der Waals surface area contributed by atoms with Gasteiger partial charge in [-0.15, -0.1) is 0 Å². The Kier molecular flexibility index (Phi) is 4.02. The molecule has 1 atom stereocenters. The second-order valence-electron chi connectivity index (χ2n) is 5.43. The van der Waals surface area contributed by atoms with Crippen molar-refractivity contribution in [2.24, 2.45) is 5.92 Å². The molecule has 1 aromatic carbocycles. The summed E-state index contributed by atoms with van der Waals surface area (Å²) in [5, 5.41) is 7.80. The highest BCUT2D eigenvalue weighted by atomic mass is 16.5. The van der Waals surface area contributed by atoms with Crippen LogP contribution in [0.3, 0.4) is 0 Å². The fraction of sp³-hybridized carbons (Fsp3) is 0.438. The molecule has 1 aromatic heterocycles. The van der Waals surface area contributed by atoms with Crippen molar-refractivity contribution in [2.75, 3.05) is 19.7 Å². The largest absolute Gasteiger partial charge is 0.490 e. The molecular weight excluding hydrogens is 250 g/mol. The molecule has 2 heterocycles. The van der Waals surface area contributed by atoms with E-state index in [-0.39, 0.29) is 0 Å². The van der Waals surface area contributed by atoms with Crippen LogP contribution in [-0.2, 0) is 0 Å². The molecule has 0 aliphatic carbocycles. The second kappa shape index (κ2) is 6.09. The average molecular weight is 271 g/mol. The molecule has 0 radical (unpaired) electrons. The predicted molar refractivity (Wildman–Crippen MR) is 79.4 cm³/mol. The van der Waals surface area contributed by atoms with Crippen LogP contribution in [0, 0.1) is 12.8 Å². The summed E-state index contributed by atoms with van der Waals surface area (Å²) in [6, 6.07) is 8.22. The van der Waals surface area contributed by atoms with Crippen LogP contribution < -0.4 is 10.1 Å². The van der Waals surface area contributed by atoms with Crippen molar-refractivity contribution in [3.8, 4) is 11.4 Å². The number of piperidine rings is 1. The van der Waals surface area contributed by atoms with Gasteiger partial charge in [-0.25, -0.2) is 4.68 Å². The van der Waals surface area contributed by atoms with Crippen LogP contribution in [0.4, 0.5) is 0 Å². The average Bonchev–Trinajstić information content (AvgIpc) is 2.95. The van der Waals surface area contributed by atoms with Crippen LogP contribution in [0.2, 0.25) is 0 Å². The molecule has 1 unspecified atom stereocenters. The molecule has 0 spiro atoms. The van der Waals surface area contributed by atoms with E-state index in [4.69, 9.17) is 4.74 Å². The first-order valence-electron chi connectivity index (χ1n) is 7.27. The van der Waals surface area contributed by atoms with E-state index in [0.717, 1.165) is 31.1 Å². The molecule has 0 bridgehead atoms. The Hall–Kier alpha value is -1.81. The fourth-order valence-electron chi connectivity index (χ4n) is 2.61. The van der Waals surface area contributed by atoms with Crippen molar-refractivity contribution in [3.63, 3.8) is 0 Å². The van der Waals surface area contributed by atoms with Gasteiger partial charge in [0.2, 0.25) is 0 Å². The summed E-state index contributed by atoms with van der Waals surface area (Å²) in [6.07, 6.45) is 6.25. The van der Waals surface area contributed by atoms with Crippen LogP contribution in [0.25, 0.3) is 5.69 Å². The predicted octanol–water partition coefficient (Wildman–Crippen LogP) is 2.56. The van der Waals surface area contributed by atoms with Crippen LogP contribution in [0.15, 0.2) is 36.7 Å². The number of para-hydroxylation sites is 1. The van der Waals surface area contributed by atoms with Crippen molar-refractivity contribution in [2.45, 2.75) is 19.8 Å². The molecule has 20 heavy (non-hydrogen) atoms. The summed E-state index contributed by atoms with van der Waals surface area (Å²) in [6.45, 7) is 5.06. The Bertz CT molecular complexity index is 558. The summed E-state index contributed by atoms with van der Waals surface area (Å²) in [5.74, 6) is 1.46. The molecule has 1 aliphatic heterocycles. The number of aryl methyl sites for hydroxylation is 1. The summed E-state index contributed by atoms with van der Waals surface area (Å²) in [5.41, 5.74) is 2.31. The van der Waals surface area contributed by atoms with Crippen molar-refractivity contribution in [1.82, 2.24) is 15.1 Å². The Labute approximate surface area is 119 Å². The molecule has 2 aromatic rings. The molecule has 0 amide bonds. The minimum Gasteiger partial charge on any atom is -0.490 e. The molecule has 3 rings (SSSR count). The van der Waals surface area contributed by atoms with Gasteiger partial charge in [0, 0.05) is 12.5 Å². The van der Waals surface area contributed by atoms with Crippen LogP contribution in [-0.4, -0.2) is 29.5 Å². The smallest absolute Gasteiger partial charge is 0.157 e. The van der Waals surface area contributed by atoms with Gasteiger partial charge >= 0.3 is 0 Å². The first kappa shape index (κ1) is 13.2. The number of rotatable bonds is 4. The van der Waals surface area contributed by atoms with E-state index >= 15 is 0 Å². The van der Waals surface area contributed by atoms with Crippen molar-refractivity contribution in [1.29, 1.82) is 0 Å². The normalized spacial score (nSPS) is 18.9. The van der Waals surface area contributed by atoms with Gasteiger partial charge in [0.25, 0.3) is 0 Å². The number of nitrogens with zero attached hydrogens (tertiary/aromatic N) is 2. The third-order valence-electron chi connectivity index (χ3n) is 3.81. The summed E-state index contributed by atoms with van der Waals surface area (Å²) < 4.78 is 7.74. The van der Waals surface area contributed by atoms with E-state index in [0.29, 0.717) is 5.92 Å². The number of nitrogens with one attached hydrogen (secondary N) is 1. The van der Waals surface area contributed by atoms with Gasteiger partial charge in [-0.3, -0.25) is 0 Å². The lowest BCUT2D eigenvalue weighted by Gasteiger charge is -2.22. The lowest BCUT2D eigenvalue weighted by atomic mass is 10.0. The maximum Gasteiger partial charge on any atom is 0.157 e. The fourth-order valence-corrected chi connectivity index (χ4v) is 2.61. The van der Waals surface area contributed by atoms with Gasteiger partial charge in [0.15, 0.2) is 5.75 Å². The molecule has 1 fully saturated rings. The van der Waals surface area contributed by atoms with Gasteiger partial charge in [-0.1, -0.05) is 18.2 Å². The van der Waals surface area contributed by atoms with Gasteiger partial charge in [-0.2, -0.15) is 5.10 Å². The van der Waals surface area contributed by atoms with E-state index < -0.39 is 0 Å². The third kappa shape index (κ3) is 3.02. The van der Waals surface area contributed by atoms with Crippen molar-refractivity contribution < 1.29 is 4.74 Å². The van der Waals surface area contributed by atoms with Crippen LogP contribution in [0.5, 0.6) is 5.75 Å². The molecular formula is C16H21N3O. The molecule has 106 valence electrons. The van der Waals surface area contributed by atoms with Gasteiger partial charge < -0.3 is 10.1 Å². The number of ether oxygens (including phenoxy) is 1. The first-order valence-corrected chi connectivity index (χ1v) is 7.27. The standard InChI is InChI=1S/C16H21N3O/c1-13-5-2-3-7-16(13)19-11-15(10-18-19)20-12-14-6-4-8-17-9-14/h2-3,5,7,10-11,14,17H,4,6,8-9,12H2,1H3. The van der Waals surface area contributed by atoms with Crippen molar-refractivity contribution in [3.05, 3.63) is 42.2 Å².